The van der Waals surface area contributed by atoms with Gasteiger partial charge in [0.2, 0.25) is 10.0 Å². The van der Waals surface area contributed by atoms with Crippen LogP contribution in [0.5, 0.6) is 0 Å². The molecule has 1 unspecified atom stereocenters. The van der Waals surface area contributed by atoms with E-state index in [0.29, 0.717) is 13.0 Å². The molecule has 0 bridgehead atoms. The van der Waals surface area contributed by atoms with Gasteiger partial charge in [0.05, 0.1) is 6.61 Å². The van der Waals surface area contributed by atoms with E-state index < -0.39 is 10.0 Å². The van der Waals surface area contributed by atoms with Gasteiger partial charge in [0, 0.05) is 18.8 Å². The maximum absolute atomic E-state index is 12.6. The fourth-order valence-corrected chi connectivity index (χ4v) is 4.04. The normalized spacial score (nSPS) is 22.1. The van der Waals surface area contributed by atoms with Gasteiger partial charge in [-0.2, -0.15) is 4.31 Å². The first-order valence-electron chi connectivity index (χ1n) is 6.30. The molecule has 0 amide bonds. The molecular formula is C12H17ClN2O3S. The van der Waals surface area contributed by atoms with E-state index in [1.54, 1.807) is 0 Å². The first-order chi connectivity index (χ1) is 9.05. The van der Waals surface area contributed by atoms with Gasteiger partial charge in [-0.15, -0.1) is 0 Å². The summed E-state index contributed by atoms with van der Waals surface area (Å²) in [5.74, 6) is 0. The van der Waals surface area contributed by atoms with Crippen LogP contribution in [0.3, 0.4) is 0 Å². The van der Waals surface area contributed by atoms with Gasteiger partial charge < -0.3 is 5.11 Å². The van der Waals surface area contributed by atoms with Crippen LogP contribution in [0.25, 0.3) is 0 Å². The number of halogens is 1. The highest BCUT2D eigenvalue weighted by atomic mass is 35.5. The van der Waals surface area contributed by atoms with Crippen molar-refractivity contribution in [1.82, 2.24) is 9.29 Å². The lowest BCUT2D eigenvalue weighted by Crippen LogP contribution is -2.42. The number of nitrogens with zero attached hydrogens (tertiary/aromatic N) is 2. The van der Waals surface area contributed by atoms with E-state index in [9.17, 15) is 13.5 Å². The lowest BCUT2D eigenvalue weighted by atomic mass is 10.1. The molecule has 19 heavy (non-hydrogen) atoms. The summed E-state index contributed by atoms with van der Waals surface area (Å²) in [6.45, 7) is 0.288. The lowest BCUT2D eigenvalue weighted by molar-refractivity contribution is 0.186. The molecule has 2 rings (SSSR count). The Bertz CT molecular complexity index is 518. The second-order valence-electron chi connectivity index (χ2n) is 4.62. The summed E-state index contributed by atoms with van der Waals surface area (Å²) in [5, 5.41) is 9.66. The molecule has 1 aliphatic heterocycles. The van der Waals surface area contributed by atoms with E-state index in [1.807, 2.05) is 0 Å². The predicted molar refractivity (Wildman–Crippen MR) is 72.5 cm³/mol. The highest BCUT2D eigenvalue weighted by molar-refractivity contribution is 7.89. The third-order valence-corrected chi connectivity index (χ3v) is 5.50. The molecule has 1 aromatic rings. The highest BCUT2D eigenvalue weighted by Gasteiger charge is 2.32. The van der Waals surface area contributed by atoms with Gasteiger partial charge in [-0.3, -0.25) is 0 Å². The zero-order chi connectivity index (χ0) is 13.9. The number of hydrogen-bond donors (Lipinski definition) is 1. The van der Waals surface area contributed by atoms with Crippen molar-refractivity contribution < 1.29 is 13.5 Å². The van der Waals surface area contributed by atoms with E-state index in [-0.39, 0.29) is 22.7 Å². The van der Waals surface area contributed by atoms with Gasteiger partial charge in [-0.1, -0.05) is 24.4 Å². The molecule has 1 saturated heterocycles. The van der Waals surface area contributed by atoms with E-state index in [4.69, 9.17) is 11.6 Å². The Labute approximate surface area is 118 Å². The van der Waals surface area contributed by atoms with Crippen molar-refractivity contribution in [2.24, 2.45) is 0 Å². The number of rotatable bonds is 3. The van der Waals surface area contributed by atoms with Crippen molar-refractivity contribution in [3.05, 3.63) is 23.5 Å². The van der Waals surface area contributed by atoms with Gasteiger partial charge in [0.15, 0.2) is 0 Å². The Morgan fingerprint density at radius 1 is 1.37 bits per heavy atom. The van der Waals surface area contributed by atoms with E-state index in [1.165, 1.54) is 22.6 Å². The second kappa shape index (κ2) is 6.17. The summed E-state index contributed by atoms with van der Waals surface area (Å²) in [4.78, 5) is 3.93. The molecular weight excluding hydrogens is 288 g/mol. The van der Waals surface area contributed by atoms with Crippen molar-refractivity contribution in [1.29, 1.82) is 0 Å². The molecule has 5 nitrogen and oxygen atoms in total. The molecule has 0 saturated carbocycles. The molecule has 7 heteroatoms. The first kappa shape index (κ1) is 14.7. The maximum atomic E-state index is 12.6. The Morgan fingerprint density at radius 2 is 2.16 bits per heavy atom. The molecule has 0 spiro atoms. The average molecular weight is 305 g/mol. The molecule has 0 aliphatic carbocycles. The average Bonchev–Trinajstić information content (AvgIpc) is 2.64. The Morgan fingerprint density at radius 3 is 2.79 bits per heavy atom. The summed E-state index contributed by atoms with van der Waals surface area (Å²) in [6.07, 6.45) is 4.70. The van der Waals surface area contributed by atoms with E-state index in [2.05, 4.69) is 4.98 Å². The van der Waals surface area contributed by atoms with Crippen LogP contribution < -0.4 is 0 Å². The summed E-state index contributed by atoms with van der Waals surface area (Å²) < 4.78 is 26.5. The third kappa shape index (κ3) is 3.25. The highest BCUT2D eigenvalue weighted by Crippen LogP contribution is 2.24. The number of sulfonamides is 1. The molecule has 1 aliphatic rings. The Balaban J connectivity index is 2.33. The van der Waals surface area contributed by atoms with Crippen LogP contribution in [0.4, 0.5) is 0 Å². The van der Waals surface area contributed by atoms with Crippen molar-refractivity contribution in [3.63, 3.8) is 0 Å². The van der Waals surface area contributed by atoms with Crippen molar-refractivity contribution in [3.8, 4) is 0 Å². The third-order valence-electron chi connectivity index (χ3n) is 3.34. The van der Waals surface area contributed by atoms with Gasteiger partial charge in [-0.25, -0.2) is 13.4 Å². The number of aliphatic hydroxyl groups excluding tert-OH is 1. The first-order valence-corrected chi connectivity index (χ1v) is 8.12. The minimum atomic E-state index is -3.61. The quantitative estimate of drug-likeness (QED) is 0.862. The number of aliphatic hydroxyl groups is 1. The van der Waals surface area contributed by atoms with Crippen LogP contribution in [-0.4, -0.2) is 42.0 Å². The fraction of sp³-hybridized carbons (Fsp3) is 0.583. The minimum Gasteiger partial charge on any atom is -0.395 e. The fourth-order valence-electron chi connectivity index (χ4n) is 2.30. The molecule has 1 N–H and O–H groups in total. The van der Waals surface area contributed by atoms with Crippen LogP contribution in [0.15, 0.2) is 23.2 Å². The van der Waals surface area contributed by atoms with Crippen LogP contribution in [-0.2, 0) is 10.0 Å². The zero-order valence-corrected chi connectivity index (χ0v) is 12.1. The Hall–Kier alpha value is -0.690. The standard InChI is InChI=1S/C12H17ClN2O3S/c13-12-6-5-11(8-14-12)19(17,18)15-7-3-1-2-4-10(15)9-16/h5-6,8,10,16H,1-4,7,9H2. The van der Waals surface area contributed by atoms with Gasteiger partial charge in [-0.05, 0) is 25.0 Å². The smallest absolute Gasteiger partial charge is 0.244 e. The summed E-state index contributed by atoms with van der Waals surface area (Å²) >= 11 is 5.67. The molecule has 2 heterocycles. The molecule has 0 aromatic carbocycles. The van der Waals surface area contributed by atoms with Gasteiger partial charge >= 0.3 is 0 Å². The van der Waals surface area contributed by atoms with Crippen LogP contribution >= 0.6 is 11.6 Å². The largest absolute Gasteiger partial charge is 0.395 e. The number of aromatic nitrogens is 1. The SMILES string of the molecule is O=S(=O)(c1ccc(Cl)nc1)N1CCCCCC1CO. The molecule has 1 fully saturated rings. The zero-order valence-electron chi connectivity index (χ0n) is 10.5. The maximum Gasteiger partial charge on any atom is 0.244 e. The molecule has 106 valence electrons. The van der Waals surface area contributed by atoms with Crippen molar-refractivity contribution in [2.75, 3.05) is 13.2 Å². The topological polar surface area (TPSA) is 70.5 Å². The minimum absolute atomic E-state index is 0.122. The summed E-state index contributed by atoms with van der Waals surface area (Å²) in [7, 11) is -3.61. The van der Waals surface area contributed by atoms with Crippen LogP contribution in [0.1, 0.15) is 25.7 Å². The lowest BCUT2D eigenvalue weighted by Gasteiger charge is -2.27. The number of hydrogen-bond acceptors (Lipinski definition) is 4. The van der Waals surface area contributed by atoms with Crippen LogP contribution in [0.2, 0.25) is 5.15 Å². The summed E-state index contributed by atoms with van der Waals surface area (Å²) in [5.41, 5.74) is 0. The predicted octanol–water partition coefficient (Wildman–Crippen LogP) is 1.66. The monoisotopic (exact) mass is 304 g/mol. The van der Waals surface area contributed by atoms with Gasteiger partial charge in [0.25, 0.3) is 0 Å². The van der Waals surface area contributed by atoms with E-state index >= 15 is 0 Å². The molecule has 1 atom stereocenters. The molecule has 0 radical (unpaired) electrons. The summed E-state index contributed by atoms with van der Waals surface area (Å²) in [6, 6.07) is 2.56. The number of pyridine rings is 1. The second-order valence-corrected chi connectivity index (χ2v) is 6.90. The van der Waals surface area contributed by atoms with Crippen molar-refractivity contribution in [2.45, 2.75) is 36.6 Å². The van der Waals surface area contributed by atoms with E-state index in [0.717, 1.165) is 19.3 Å². The Kier molecular flexibility index (Phi) is 4.78. The van der Waals surface area contributed by atoms with Crippen molar-refractivity contribution >= 4 is 21.6 Å². The van der Waals surface area contributed by atoms with Gasteiger partial charge in [0.1, 0.15) is 10.0 Å². The molecule has 1 aromatic heterocycles. The van der Waals surface area contributed by atoms with Crippen LogP contribution in [0, 0.1) is 0 Å².